The molecular weight excluding hydrogens is 260 g/mol. The minimum Gasteiger partial charge on any atom is -0.351 e. The smallest absolute Gasteiger partial charge is 0.227 e. The molecule has 3 nitrogen and oxygen atoms in total. The first kappa shape index (κ1) is 16.0. The van der Waals surface area contributed by atoms with Gasteiger partial charge in [-0.2, -0.15) is 0 Å². The number of hydrogen-bond donors (Lipinski definition) is 2. The lowest BCUT2D eigenvalue weighted by atomic mass is 9.82. The molecule has 1 atom stereocenters. The van der Waals surface area contributed by atoms with E-state index in [4.69, 9.17) is 0 Å². The van der Waals surface area contributed by atoms with Gasteiger partial charge in [-0.1, -0.05) is 37.3 Å². The molecule has 0 saturated carbocycles. The first-order valence-corrected chi connectivity index (χ1v) is 8.05. The molecule has 1 amide bonds. The molecule has 1 aliphatic heterocycles. The van der Waals surface area contributed by atoms with Gasteiger partial charge in [0.25, 0.3) is 0 Å². The number of rotatable bonds is 6. The fraction of sp³-hybridized carbons (Fsp3) is 0.611. The van der Waals surface area contributed by atoms with Crippen molar-refractivity contribution in [2.75, 3.05) is 13.1 Å². The lowest BCUT2D eigenvalue weighted by molar-refractivity contribution is -0.132. The van der Waals surface area contributed by atoms with Gasteiger partial charge in [-0.3, -0.25) is 4.79 Å². The maximum absolute atomic E-state index is 12.7. The second-order valence-corrected chi connectivity index (χ2v) is 6.88. The van der Waals surface area contributed by atoms with E-state index in [1.165, 1.54) is 5.56 Å². The minimum absolute atomic E-state index is 0.169. The van der Waals surface area contributed by atoms with Gasteiger partial charge >= 0.3 is 0 Å². The van der Waals surface area contributed by atoms with Crippen LogP contribution in [0.5, 0.6) is 0 Å². The van der Waals surface area contributed by atoms with Gasteiger partial charge in [0.15, 0.2) is 0 Å². The number of benzene rings is 1. The predicted molar refractivity (Wildman–Crippen MR) is 87.2 cm³/mol. The molecule has 21 heavy (non-hydrogen) atoms. The van der Waals surface area contributed by atoms with Crippen LogP contribution in [0.2, 0.25) is 0 Å². The zero-order chi connectivity index (χ0) is 15.3. The summed E-state index contributed by atoms with van der Waals surface area (Å²) < 4.78 is 0. The van der Waals surface area contributed by atoms with Crippen molar-refractivity contribution < 1.29 is 4.79 Å². The predicted octanol–water partition coefficient (Wildman–Crippen LogP) is 2.90. The molecule has 1 aliphatic rings. The van der Waals surface area contributed by atoms with Crippen molar-refractivity contribution >= 4 is 5.91 Å². The Bertz CT molecular complexity index is 461. The van der Waals surface area contributed by atoms with E-state index in [0.717, 1.165) is 38.8 Å². The molecule has 1 heterocycles. The van der Waals surface area contributed by atoms with Gasteiger partial charge in [0.2, 0.25) is 5.91 Å². The zero-order valence-corrected chi connectivity index (χ0v) is 13.5. The van der Waals surface area contributed by atoms with E-state index in [0.29, 0.717) is 0 Å². The molecule has 0 spiro atoms. The van der Waals surface area contributed by atoms with Crippen LogP contribution in [0, 0.1) is 5.41 Å². The van der Waals surface area contributed by atoms with Crippen molar-refractivity contribution in [2.24, 2.45) is 5.41 Å². The Labute approximate surface area is 128 Å². The van der Waals surface area contributed by atoms with Crippen molar-refractivity contribution in [3.05, 3.63) is 35.9 Å². The SMILES string of the molecule is CCC1(C(=O)NC(C)(C)CCc2ccccc2)CCNC1. The second kappa shape index (κ2) is 6.61. The molecule has 2 N–H and O–H groups in total. The van der Waals surface area contributed by atoms with Gasteiger partial charge in [-0.15, -0.1) is 0 Å². The fourth-order valence-electron chi connectivity index (χ4n) is 3.00. The van der Waals surface area contributed by atoms with Crippen LogP contribution in [0.3, 0.4) is 0 Å². The number of hydrogen-bond acceptors (Lipinski definition) is 2. The average molecular weight is 288 g/mol. The van der Waals surface area contributed by atoms with E-state index in [-0.39, 0.29) is 16.9 Å². The summed E-state index contributed by atoms with van der Waals surface area (Å²) in [6.07, 6.45) is 3.80. The van der Waals surface area contributed by atoms with Crippen molar-refractivity contribution in [1.82, 2.24) is 10.6 Å². The maximum atomic E-state index is 12.7. The Morgan fingerprint density at radius 3 is 2.62 bits per heavy atom. The largest absolute Gasteiger partial charge is 0.351 e. The van der Waals surface area contributed by atoms with Crippen molar-refractivity contribution in [2.45, 2.75) is 52.0 Å². The number of amides is 1. The number of nitrogens with one attached hydrogen (secondary N) is 2. The van der Waals surface area contributed by atoms with Crippen molar-refractivity contribution in [3.63, 3.8) is 0 Å². The van der Waals surface area contributed by atoms with E-state index in [1.54, 1.807) is 0 Å². The molecule has 1 fully saturated rings. The quantitative estimate of drug-likeness (QED) is 0.845. The van der Waals surface area contributed by atoms with Crippen LogP contribution in [-0.4, -0.2) is 24.5 Å². The lowest BCUT2D eigenvalue weighted by Gasteiger charge is -2.33. The van der Waals surface area contributed by atoms with Crippen molar-refractivity contribution in [1.29, 1.82) is 0 Å². The van der Waals surface area contributed by atoms with E-state index < -0.39 is 0 Å². The molecule has 3 heteroatoms. The third-order valence-electron chi connectivity index (χ3n) is 4.74. The lowest BCUT2D eigenvalue weighted by Crippen LogP contribution is -2.51. The highest BCUT2D eigenvalue weighted by Gasteiger charge is 2.41. The monoisotopic (exact) mass is 288 g/mol. The highest BCUT2D eigenvalue weighted by molar-refractivity contribution is 5.83. The summed E-state index contributed by atoms with van der Waals surface area (Å²) in [5, 5.41) is 6.61. The number of aryl methyl sites for hydroxylation is 1. The molecule has 0 bridgehead atoms. The van der Waals surface area contributed by atoms with E-state index in [2.05, 4.69) is 55.7 Å². The molecule has 0 radical (unpaired) electrons. The van der Waals surface area contributed by atoms with Crippen LogP contribution in [-0.2, 0) is 11.2 Å². The summed E-state index contributed by atoms with van der Waals surface area (Å²) in [5.41, 5.74) is 0.953. The van der Waals surface area contributed by atoms with Crippen molar-refractivity contribution in [3.8, 4) is 0 Å². The van der Waals surface area contributed by atoms with Gasteiger partial charge in [0.1, 0.15) is 0 Å². The zero-order valence-electron chi connectivity index (χ0n) is 13.5. The van der Waals surface area contributed by atoms with Gasteiger partial charge in [-0.05, 0) is 51.6 Å². The van der Waals surface area contributed by atoms with E-state index in [9.17, 15) is 4.79 Å². The van der Waals surface area contributed by atoms with Crippen LogP contribution in [0.15, 0.2) is 30.3 Å². The third-order valence-corrected chi connectivity index (χ3v) is 4.74. The second-order valence-electron chi connectivity index (χ2n) is 6.88. The molecule has 0 aromatic heterocycles. The Balaban J connectivity index is 1.92. The Morgan fingerprint density at radius 2 is 2.05 bits per heavy atom. The molecule has 2 rings (SSSR count). The van der Waals surface area contributed by atoms with Crippen LogP contribution in [0.1, 0.15) is 45.6 Å². The van der Waals surface area contributed by atoms with Crippen LogP contribution in [0.4, 0.5) is 0 Å². The standard InChI is InChI=1S/C18H28N2O/c1-4-18(12-13-19-14-18)16(21)20-17(2,3)11-10-15-8-6-5-7-9-15/h5-9,19H,4,10-14H2,1-3H3,(H,20,21). The molecule has 1 unspecified atom stereocenters. The maximum Gasteiger partial charge on any atom is 0.227 e. The van der Waals surface area contributed by atoms with Crippen LogP contribution in [0.25, 0.3) is 0 Å². The number of carbonyl (C=O) groups excluding carboxylic acids is 1. The fourth-order valence-corrected chi connectivity index (χ4v) is 3.00. The summed E-state index contributed by atoms with van der Waals surface area (Å²) in [7, 11) is 0. The number of carbonyl (C=O) groups is 1. The van der Waals surface area contributed by atoms with Gasteiger partial charge < -0.3 is 10.6 Å². The summed E-state index contributed by atoms with van der Waals surface area (Å²) in [4.78, 5) is 12.7. The summed E-state index contributed by atoms with van der Waals surface area (Å²) in [6.45, 7) is 8.12. The topological polar surface area (TPSA) is 41.1 Å². The molecule has 1 saturated heterocycles. The van der Waals surface area contributed by atoms with Gasteiger partial charge in [-0.25, -0.2) is 0 Å². The minimum atomic E-state index is -0.204. The molecule has 0 aliphatic carbocycles. The van der Waals surface area contributed by atoms with Crippen LogP contribution >= 0.6 is 0 Å². The van der Waals surface area contributed by atoms with E-state index >= 15 is 0 Å². The third kappa shape index (κ3) is 4.07. The highest BCUT2D eigenvalue weighted by atomic mass is 16.2. The molecule has 1 aromatic rings. The molecule has 1 aromatic carbocycles. The Hall–Kier alpha value is -1.35. The van der Waals surface area contributed by atoms with Gasteiger partial charge in [0, 0.05) is 12.1 Å². The normalized spacial score (nSPS) is 22.2. The summed E-state index contributed by atoms with van der Waals surface area (Å²) >= 11 is 0. The van der Waals surface area contributed by atoms with Crippen LogP contribution < -0.4 is 10.6 Å². The Kier molecular flexibility index (Phi) is 5.04. The van der Waals surface area contributed by atoms with Gasteiger partial charge in [0.05, 0.1) is 5.41 Å². The molecular formula is C18H28N2O. The average Bonchev–Trinajstić information content (AvgIpc) is 2.96. The molecule has 116 valence electrons. The van der Waals surface area contributed by atoms with E-state index in [1.807, 2.05) is 6.07 Å². The summed E-state index contributed by atoms with van der Waals surface area (Å²) in [6, 6.07) is 10.5. The highest BCUT2D eigenvalue weighted by Crippen LogP contribution is 2.30. The Morgan fingerprint density at radius 1 is 1.33 bits per heavy atom. The first-order chi connectivity index (χ1) is 9.97. The first-order valence-electron chi connectivity index (χ1n) is 8.05. The summed E-state index contributed by atoms with van der Waals surface area (Å²) in [5.74, 6) is 0.216.